The fraction of sp³-hybridized carbons (Fsp3) is 0.0455. The highest BCUT2D eigenvalue weighted by Gasteiger charge is 2.28. The van der Waals surface area contributed by atoms with Gasteiger partial charge in [-0.3, -0.25) is 4.57 Å². The van der Waals surface area contributed by atoms with E-state index in [-0.39, 0.29) is 5.82 Å². The van der Waals surface area contributed by atoms with Crippen LogP contribution in [0.1, 0.15) is 17.2 Å². The molecule has 1 aromatic heterocycles. The molecule has 0 bridgehead atoms. The third kappa shape index (κ3) is 2.77. The van der Waals surface area contributed by atoms with Crippen LogP contribution in [-0.2, 0) is 0 Å². The van der Waals surface area contributed by atoms with Crippen LogP contribution in [0.25, 0.3) is 16.7 Å². The summed E-state index contributed by atoms with van der Waals surface area (Å²) in [5, 5.41) is 4.40. The van der Waals surface area contributed by atoms with Gasteiger partial charge >= 0.3 is 0 Å². The van der Waals surface area contributed by atoms with E-state index in [9.17, 15) is 4.39 Å². The van der Waals surface area contributed by atoms with Gasteiger partial charge in [-0.2, -0.15) is 0 Å². The minimum atomic E-state index is -0.442. The molecule has 0 unspecified atom stereocenters. The van der Waals surface area contributed by atoms with Crippen molar-refractivity contribution in [1.29, 1.82) is 0 Å². The molecule has 6 heteroatoms. The summed E-state index contributed by atoms with van der Waals surface area (Å²) >= 11 is 12.4. The Balaban J connectivity index is 1.77. The van der Waals surface area contributed by atoms with Crippen molar-refractivity contribution in [2.24, 2.45) is 0 Å². The van der Waals surface area contributed by atoms with Crippen molar-refractivity contribution in [3.63, 3.8) is 0 Å². The summed E-state index contributed by atoms with van der Waals surface area (Å²) in [6.45, 7) is 0. The highest BCUT2D eigenvalue weighted by molar-refractivity contribution is 6.31. The number of hydrogen-bond acceptors (Lipinski definition) is 2. The largest absolute Gasteiger partial charge is 0.325 e. The van der Waals surface area contributed by atoms with Crippen molar-refractivity contribution in [3.05, 3.63) is 99.8 Å². The Morgan fingerprint density at radius 2 is 1.71 bits per heavy atom. The fourth-order valence-corrected chi connectivity index (χ4v) is 4.01. The van der Waals surface area contributed by atoms with Gasteiger partial charge in [-0.25, -0.2) is 9.37 Å². The number of fused-ring (bicyclic) bond motifs is 3. The second kappa shape index (κ2) is 6.66. The smallest absolute Gasteiger partial charge is 0.209 e. The van der Waals surface area contributed by atoms with E-state index in [0.29, 0.717) is 21.6 Å². The second-order valence-electron chi connectivity index (χ2n) is 6.59. The first-order valence-corrected chi connectivity index (χ1v) is 9.53. The average molecular weight is 410 g/mol. The Bertz CT molecular complexity index is 1210. The summed E-state index contributed by atoms with van der Waals surface area (Å²) in [7, 11) is 0. The van der Waals surface area contributed by atoms with Gasteiger partial charge in [0.1, 0.15) is 5.82 Å². The molecule has 0 fully saturated rings. The van der Waals surface area contributed by atoms with Gasteiger partial charge in [0.15, 0.2) is 0 Å². The molecular formula is C22H14Cl2FN3. The first kappa shape index (κ1) is 17.3. The summed E-state index contributed by atoms with van der Waals surface area (Å²) in [6.07, 6.45) is 1.97. The summed E-state index contributed by atoms with van der Waals surface area (Å²) in [5.74, 6) is 0.285. The quantitative estimate of drug-likeness (QED) is 0.407. The van der Waals surface area contributed by atoms with Gasteiger partial charge in [-0.15, -0.1) is 0 Å². The minimum absolute atomic E-state index is 0.352. The zero-order chi connectivity index (χ0) is 19.3. The van der Waals surface area contributed by atoms with E-state index in [2.05, 4.69) is 5.32 Å². The molecule has 2 heterocycles. The third-order valence-corrected chi connectivity index (χ3v) is 5.48. The monoisotopic (exact) mass is 409 g/mol. The van der Waals surface area contributed by atoms with Crippen molar-refractivity contribution in [2.75, 3.05) is 5.32 Å². The van der Waals surface area contributed by atoms with Gasteiger partial charge < -0.3 is 5.32 Å². The molecule has 5 rings (SSSR count). The Morgan fingerprint density at radius 3 is 2.50 bits per heavy atom. The van der Waals surface area contributed by atoms with Crippen molar-refractivity contribution >= 4 is 45.9 Å². The molecule has 0 saturated carbocycles. The lowest BCUT2D eigenvalue weighted by atomic mass is 10.0. The fourth-order valence-electron chi connectivity index (χ4n) is 3.61. The number of imidazole rings is 1. The Hall–Kier alpha value is -2.82. The molecule has 1 aliphatic heterocycles. The van der Waals surface area contributed by atoms with Crippen LogP contribution in [0.2, 0.25) is 10.0 Å². The van der Waals surface area contributed by atoms with Gasteiger partial charge in [0.25, 0.3) is 0 Å². The van der Waals surface area contributed by atoms with Crippen molar-refractivity contribution < 1.29 is 4.39 Å². The molecule has 0 aliphatic carbocycles. The molecule has 3 aromatic carbocycles. The summed E-state index contributed by atoms with van der Waals surface area (Å²) in [4.78, 5) is 4.70. The Kier molecular flexibility index (Phi) is 4.11. The van der Waals surface area contributed by atoms with Crippen LogP contribution < -0.4 is 5.32 Å². The van der Waals surface area contributed by atoms with Gasteiger partial charge in [-0.1, -0.05) is 53.5 Å². The molecule has 1 atom stereocenters. The molecule has 0 radical (unpaired) electrons. The number of nitrogens with one attached hydrogen (secondary N) is 1. The van der Waals surface area contributed by atoms with E-state index in [4.69, 9.17) is 28.2 Å². The third-order valence-electron chi connectivity index (χ3n) is 4.90. The molecule has 4 aromatic rings. The first-order chi connectivity index (χ1) is 13.6. The number of benzene rings is 3. The maximum absolute atomic E-state index is 14.8. The number of para-hydroxylation sites is 2. The van der Waals surface area contributed by atoms with E-state index >= 15 is 0 Å². The van der Waals surface area contributed by atoms with Gasteiger partial charge in [0.05, 0.1) is 17.1 Å². The SMILES string of the molecule is Fc1cccc(Cl)c1[C@H]1C=C(c2ccc(Cl)cc2)Nc2nc3ccccc3n21. The lowest BCUT2D eigenvalue weighted by molar-refractivity contribution is 0.584. The molecule has 138 valence electrons. The van der Waals surface area contributed by atoms with Crippen LogP contribution in [0.4, 0.5) is 10.3 Å². The number of rotatable bonds is 2. The van der Waals surface area contributed by atoms with Gasteiger partial charge in [0, 0.05) is 21.3 Å². The molecule has 0 saturated heterocycles. The number of aromatic nitrogens is 2. The van der Waals surface area contributed by atoms with Gasteiger partial charge in [0.2, 0.25) is 5.95 Å². The molecule has 0 amide bonds. The van der Waals surface area contributed by atoms with Crippen LogP contribution in [0.15, 0.2) is 72.8 Å². The minimum Gasteiger partial charge on any atom is -0.325 e. The van der Waals surface area contributed by atoms with E-state index in [1.165, 1.54) is 6.07 Å². The highest BCUT2D eigenvalue weighted by atomic mass is 35.5. The Morgan fingerprint density at radius 1 is 0.929 bits per heavy atom. The van der Waals surface area contributed by atoms with Crippen LogP contribution in [0, 0.1) is 5.82 Å². The molecule has 0 spiro atoms. The van der Waals surface area contributed by atoms with E-state index in [1.807, 2.05) is 59.2 Å². The number of halogens is 3. The second-order valence-corrected chi connectivity index (χ2v) is 7.43. The van der Waals surface area contributed by atoms with Crippen LogP contribution in [0.5, 0.6) is 0 Å². The molecule has 28 heavy (non-hydrogen) atoms. The Labute approximate surface area is 171 Å². The topological polar surface area (TPSA) is 29.9 Å². The predicted molar refractivity (Wildman–Crippen MR) is 112 cm³/mol. The average Bonchev–Trinajstić information content (AvgIpc) is 3.07. The lowest BCUT2D eigenvalue weighted by Crippen LogP contribution is -2.20. The van der Waals surface area contributed by atoms with E-state index in [0.717, 1.165) is 22.3 Å². The van der Waals surface area contributed by atoms with E-state index in [1.54, 1.807) is 12.1 Å². The standard InChI is InChI=1S/C22H14Cl2FN3/c23-14-10-8-13(9-11-14)18-12-20(21-15(24)4-3-5-16(21)25)28-19-7-2-1-6-17(19)26-22(28)27-18/h1-12,20H,(H,26,27)/t20-/m1/s1. The number of nitrogens with zero attached hydrogens (tertiary/aromatic N) is 2. The highest BCUT2D eigenvalue weighted by Crippen LogP contribution is 2.40. The first-order valence-electron chi connectivity index (χ1n) is 8.77. The number of allylic oxidation sites excluding steroid dienone is 1. The maximum atomic E-state index is 14.8. The van der Waals surface area contributed by atoms with Crippen LogP contribution in [0.3, 0.4) is 0 Å². The summed E-state index contributed by atoms with van der Waals surface area (Å²) in [5.41, 5.74) is 3.90. The lowest BCUT2D eigenvalue weighted by Gasteiger charge is -2.27. The van der Waals surface area contributed by atoms with Crippen LogP contribution >= 0.6 is 23.2 Å². The zero-order valence-corrected chi connectivity index (χ0v) is 16.0. The zero-order valence-electron chi connectivity index (χ0n) is 14.5. The molecular weight excluding hydrogens is 396 g/mol. The number of anilines is 1. The van der Waals surface area contributed by atoms with Crippen molar-refractivity contribution in [1.82, 2.24) is 9.55 Å². The molecule has 1 aliphatic rings. The maximum Gasteiger partial charge on any atom is 0.209 e. The van der Waals surface area contributed by atoms with Gasteiger partial charge in [-0.05, 0) is 48.0 Å². The normalized spacial score (nSPS) is 15.8. The molecule has 3 nitrogen and oxygen atoms in total. The summed E-state index contributed by atoms with van der Waals surface area (Å²) < 4.78 is 16.8. The van der Waals surface area contributed by atoms with Crippen molar-refractivity contribution in [2.45, 2.75) is 6.04 Å². The molecule has 1 N–H and O–H groups in total. The van der Waals surface area contributed by atoms with Crippen LogP contribution in [-0.4, -0.2) is 9.55 Å². The number of hydrogen-bond donors (Lipinski definition) is 1. The van der Waals surface area contributed by atoms with Crippen molar-refractivity contribution in [3.8, 4) is 0 Å². The predicted octanol–water partition coefficient (Wildman–Crippen LogP) is 6.54. The van der Waals surface area contributed by atoms with E-state index < -0.39 is 6.04 Å². The summed E-state index contributed by atoms with van der Waals surface area (Å²) in [6, 6.07) is 19.6.